The number of hydrogen-bond acceptors (Lipinski definition) is 1. The van der Waals surface area contributed by atoms with E-state index in [4.69, 9.17) is 0 Å². The fraction of sp³-hybridized carbons (Fsp3) is 0.100. The van der Waals surface area contributed by atoms with Gasteiger partial charge in [0.05, 0.1) is 0 Å². The zero-order valence-electron chi connectivity index (χ0n) is 6.42. The van der Waals surface area contributed by atoms with Crippen LogP contribution in [-0.4, -0.2) is 5.78 Å². The van der Waals surface area contributed by atoms with E-state index in [1.54, 1.807) is 19.1 Å². The van der Waals surface area contributed by atoms with E-state index in [9.17, 15) is 4.79 Å². The van der Waals surface area contributed by atoms with E-state index in [-0.39, 0.29) is 5.78 Å². The molecule has 11 heavy (non-hydrogen) atoms. The molecule has 55 valence electrons. The first-order valence-corrected chi connectivity index (χ1v) is 3.38. The third kappa shape index (κ3) is 1.77. The Balaban J connectivity index is 3.00. The van der Waals surface area contributed by atoms with Crippen molar-refractivity contribution >= 4 is 5.78 Å². The molecule has 0 saturated carbocycles. The second-order valence-electron chi connectivity index (χ2n) is 2.31. The summed E-state index contributed by atoms with van der Waals surface area (Å²) in [6.07, 6.45) is 2.73. The van der Waals surface area contributed by atoms with Crippen molar-refractivity contribution in [1.29, 1.82) is 0 Å². The summed E-state index contributed by atoms with van der Waals surface area (Å²) >= 11 is 0. The molecule has 1 heteroatoms. The van der Waals surface area contributed by atoms with Crippen molar-refractivity contribution in [2.24, 2.45) is 0 Å². The molecule has 1 nitrogen and oxygen atoms in total. The van der Waals surface area contributed by atoms with Gasteiger partial charge in [0.1, 0.15) is 0 Å². The fourth-order valence-corrected chi connectivity index (χ4v) is 0.823. The van der Waals surface area contributed by atoms with Crippen LogP contribution in [-0.2, 0) is 0 Å². The largest absolute Gasteiger partial charge is 0.295 e. The Labute approximate surface area is 66.4 Å². The van der Waals surface area contributed by atoms with Crippen molar-refractivity contribution in [2.75, 3.05) is 0 Å². The van der Waals surface area contributed by atoms with Crippen molar-refractivity contribution < 1.29 is 4.79 Å². The van der Waals surface area contributed by atoms with Crippen LogP contribution in [0.3, 0.4) is 0 Å². The first kappa shape index (κ1) is 7.73. The number of carbonyl (C=O) groups excluding carboxylic acids is 1. The van der Waals surface area contributed by atoms with E-state index in [1.807, 2.05) is 12.1 Å². The Morgan fingerprint density at radius 2 is 1.91 bits per heavy atom. The summed E-state index contributed by atoms with van der Waals surface area (Å²) in [7, 11) is 0. The normalized spacial score (nSPS) is 9.18. The molecule has 1 radical (unpaired) electrons. The maximum Gasteiger partial charge on any atom is 0.159 e. The average Bonchev–Trinajstić information content (AvgIpc) is 2.05. The summed E-state index contributed by atoms with van der Waals surface area (Å²) in [6.45, 7) is 5.04. The molecule has 0 saturated heterocycles. The van der Waals surface area contributed by atoms with Gasteiger partial charge in [-0.2, -0.15) is 0 Å². The van der Waals surface area contributed by atoms with Crippen molar-refractivity contribution in [3.8, 4) is 0 Å². The number of Topliss-reactive ketones (excluding diaryl/α,β-unsaturated/α-hetero) is 1. The first-order valence-electron chi connectivity index (χ1n) is 3.38. The molecule has 0 fully saturated rings. The van der Waals surface area contributed by atoms with Crippen LogP contribution in [0, 0.1) is 6.08 Å². The first-order chi connectivity index (χ1) is 5.24. The molecule has 0 aliphatic carbocycles. The van der Waals surface area contributed by atoms with Gasteiger partial charge in [0.25, 0.3) is 0 Å². The number of rotatable bonds is 2. The predicted octanol–water partition coefficient (Wildman–Crippen LogP) is 2.23. The third-order valence-corrected chi connectivity index (χ3v) is 1.50. The van der Waals surface area contributed by atoms with Crippen molar-refractivity contribution in [1.82, 2.24) is 0 Å². The molecule has 0 spiro atoms. The molecule has 0 aromatic heterocycles. The molecule has 0 heterocycles. The summed E-state index contributed by atoms with van der Waals surface area (Å²) in [6, 6.07) is 7.19. The van der Waals surface area contributed by atoms with Crippen LogP contribution in [0.5, 0.6) is 0 Å². The van der Waals surface area contributed by atoms with Crippen LogP contribution < -0.4 is 0 Å². The van der Waals surface area contributed by atoms with Gasteiger partial charge >= 0.3 is 0 Å². The molecule has 0 atom stereocenters. The zero-order chi connectivity index (χ0) is 8.27. The van der Waals surface area contributed by atoms with Gasteiger partial charge in [-0.05, 0) is 18.6 Å². The highest BCUT2D eigenvalue weighted by atomic mass is 16.1. The summed E-state index contributed by atoms with van der Waals surface area (Å²) in [4.78, 5) is 10.8. The van der Waals surface area contributed by atoms with Crippen LogP contribution >= 0.6 is 0 Å². The molecular formula is C10H9O. The van der Waals surface area contributed by atoms with Crippen molar-refractivity contribution in [2.45, 2.75) is 6.92 Å². The lowest BCUT2D eigenvalue weighted by molar-refractivity contribution is 0.101. The minimum Gasteiger partial charge on any atom is -0.295 e. The smallest absolute Gasteiger partial charge is 0.159 e. The standard InChI is InChI=1S/C10H9O/c1-3-9-4-6-10(7-5-9)8(2)11/h4-7H,1H2,2H3. The molecule has 0 aliphatic rings. The minimum atomic E-state index is 0.0839. The van der Waals surface area contributed by atoms with E-state index >= 15 is 0 Å². The maximum atomic E-state index is 10.8. The maximum absolute atomic E-state index is 10.8. The van der Waals surface area contributed by atoms with Crippen molar-refractivity contribution in [3.05, 3.63) is 48.0 Å². The Hall–Kier alpha value is -1.37. The molecule has 0 aliphatic heterocycles. The highest BCUT2D eigenvalue weighted by Gasteiger charge is 1.95. The summed E-state index contributed by atoms with van der Waals surface area (Å²) in [5.41, 5.74) is 1.64. The highest BCUT2D eigenvalue weighted by molar-refractivity contribution is 5.94. The lowest BCUT2D eigenvalue weighted by atomic mass is 10.1. The van der Waals surface area contributed by atoms with Gasteiger partial charge in [-0.1, -0.05) is 30.8 Å². The molecule has 1 rings (SSSR count). The van der Waals surface area contributed by atoms with Crippen LogP contribution in [0.1, 0.15) is 22.8 Å². The summed E-state index contributed by atoms with van der Waals surface area (Å²) in [5, 5.41) is 0. The third-order valence-electron chi connectivity index (χ3n) is 1.50. The molecule has 0 amide bonds. The van der Waals surface area contributed by atoms with Gasteiger partial charge in [-0.15, -0.1) is 0 Å². The molecule has 1 aromatic rings. The zero-order valence-corrected chi connectivity index (χ0v) is 6.42. The Morgan fingerprint density at radius 1 is 1.36 bits per heavy atom. The van der Waals surface area contributed by atoms with E-state index in [1.165, 1.54) is 0 Å². The number of benzene rings is 1. The van der Waals surface area contributed by atoms with Crippen molar-refractivity contribution in [3.63, 3.8) is 0 Å². The van der Waals surface area contributed by atoms with E-state index < -0.39 is 0 Å². The van der Waals surface area contributed by atoms with Gasteiger partial charge < -0.3 is 0 Å². The van der Waals surface area contributed by atoms with Crippen LogP contribution in [0.15, 0.2) is 30.8 Å². The molecule has 0 unspecified atom stereocenters. The van der Waals surface area contributed by atoms with E-state index in [2.05, 4.69) is 12.7 Å². The topological polar surface area (TPSA) is 17.1 Å². The summed E-state index contributed by atoms with van der Waals surface area (Å²) in [5.74, 6) is 0.0839. The van der Waals surface area contributed by atoms with Gasteiger partial charge in [0.15, 0.2) is 5.78 Å². The van der Waals surface area contributed by atoms with Crippen LogP contribution in [0.2, 0.25) is 0 Å². The lowest BCUT2D eigenvalue weighted by Crippen LogP contribution is -1.90. The van der Waals surface area contributed by atoms with Crippen LogP contribution in [0.4, 0.5) is 0 Å². The van der Waals surface area contributed by atoms with Gasteiger partial charge in [-0.3, -0.25) is 4.79 Å². The Kier molecular flexibility index (Phi) is 2.21. The molecule has 0 bridgehead atoms. The molecule has 0 N–H and O–H groups in total. The summed E-state index contributed by atoms with van der Waals surface area (Å²) < 4.78 is 0. The second kappa shape index (κ2) is 3.15. The van der Waals surface area contributed by atoms with Gasteiger partial charge in [-0.25, -0.2) is 0 Å². The SMILES string of the molecule is C=[C]c1ccc(C(C)=O)cc1. The van der Waals surface area contributed by atoms with Gasteiger partial charge in [0, 0.05) is 5.56 Å². The monoisotopic (exact) mass is 145 g/mol. The predicted molar refractivity (Wildman–Crippen MR) is 44.4 cm³/mol. The second-order valence-corrected chi connectivity index (χ2v) is 2.31. The highest BCUT2D eigenvalue weighted by Crippen LogP contribution is 2.04. The lowest BCUT2D eigenvalue weighted by Gasteiger charge is -1.94. The minimum absolute atomic E-state index is 0.0839. The molecular weight excluding hydrogens is 136 g/mol. The van der Waals surface area contributed by atoms with Crippen LogP contribution in [0.25, 0.3) is 0 Å². The number of hydrogen-bond donors (Lipinski definition) is 0. The fourth-order valence-electron chi connectivity index (χ4n) is 0.823. The average molecular weight is 145 g/mol. The Morgan fingerprint density at radius 3 is 2.27 bits per heavy atom. The van der Waals surface area contributed by atoms with Gasteiger partial charge in [0.2, 0.25) is 0 Å². The van der Waals surface area contributed by atoms with E-state index in [0.29, 0.717) is 0 Å². The quantitative estimate of drug-likeness (QED) is 0.583. The Bertz CT molecular complexity index is 269. The molecule has 1 aromatic carbocycles. The number of ketones is 1. The number of carbonyl (C=O) groups is 1. The van der Waals surface area contributed by atoms with E-state index in [0.717, 1.165) is 11.1 Å².